The first-order valence-electron chi connectivity index (χ1n) is 9.96. The Morgan fingerprint density at radius 2 is 1.72 bits per heavy atom. The van der Waals surface area contributed by atoms with E-state index in [0.717, 1.165) is 30.5 Å². The van der Waals surface area contributed by atoms with Gasteiger partial charge >= 0.3 is 0 Å². The van der Waals surface area contributed by atoms with Gasteiger partial charge in [0.05, 0.1) is 0 Å². The summed E-state index contributed by atoms with van der Waals surface area (Å²) in [6.07, 6.45) is 7.57. The van der Waals surface area contributed by atoms with Crippen molar-refractivity contribution in [2.24, 2.45) is 0 Å². The number of benzene rings is 1. The van der Waals surface area contributed by atoms with Crippen LogP contribution in [0, 0.1) is 0 Å². The number of para-hydroxylation sites is 1. The molecule has 2 heterocycles. The molecule has 0 aliphatic carbocycles. The molecule has 0 unspecified atom stereocenters. The van der Waals surface area contributed by atoms with E-state index in [1.807, 2.05) is 12.1 Å². The number of aryl methyl sites for hydroxylation is 2. The second kappa shape index (κ2) is 9.78. The third-order valence-electron chi connectivity index (χ3n) is 4.97. The number of rotatable bonds is 8. The van der Waals surface area contributed by atoms with Gasteiger partial charge in [-0.25, -0.2) is 9.97 Å². The van der Waals surface area contributed by atoms with Crippen molar-refractivity contribution in [3.05, 3.63) is 77.5 Å². The smallest absolute Gasteiger partial charge is 0.272 e. The summed E-state index contributed by atoms with van der Waals surface area (Å²) in [5, 5.41) is 3.41. The number of carbonyl (C=O) groups is 1. The average molecular weight is 390 g/mol. The van der Waals surface area contributed by atoms with E-state index in [4.69, 9.17) is 0 Å². The molecular formula is C23H27N5O. The standard InChI is InChI=1S/C23H27N5O/c1-4-18-7-6-8-19(5-2)22(18)27-21-15-20(25-16-26-21)23(29)28(3)14-11-17-9-12-24-13-10-17/h6-10,12-13,15-16H,4-5,11,14H2,1-3H3,(H,25,26,27). The van der Waals surface area contributed by atoms with Gasteiger partial charge in [-0.2, -0.15) is 0 Å². The van der Waals surface area contributed by atoms with Gasteiger partial charge in [0, 0.05) is 37.7 Å². The molecule has 6 nitrogen and oxygen atoms in total. The Bertz CT molecular complexity index is 936. The molecule has 0 spiro atoms. The quantitative estimate of drug-likeness (QED) is 0.629. The average Bonchev–Trinajstić information content (AvgIpc) is 2.78. The van der Waals surface area contributed by atoms with Crippen molar-refractivity contribution >= 4 is 17.4 Å². The molecule has 1 aromatic carbocycles. The number of carbonyl (C=O) groups excluding carboxylic acids is 1. The Morgan fingerprint density at radius 1 is 1.03 bits per heavy atom. The molecule has 0 aliphatic heterocycles. The first-order chi connectivity index (χ1) is 14.1. The SMILES string of the molecule is CCc1cccc(CC)c1Nc1cc(C(=O)N(C)CCc2ccncc2)ncn1. The summed E-state index contributed by atoms with van der Waals surface area (Å²) in [4.78, 5) is 27.0. The Morgan fingerprint density at radius 3 is 2.38 bits per heavy atom. The van der Waals surface area contributed by atoms with Crippen molar-refractivity contribution in [3.63, 3.8) is 0 Å². The number of hydrogen-bond acceptors (Lipinski definition) is 5. The lowest BCUT2D eigenvalue weighted by Crippen LogP contribution is -2.29. The molecule has 0 aliphatic rings. The van der Waals surface area contributed by atoms with Crippen molar-refractivity contribution in [3.8, 4) is 0 Å². The van der Waals surface area contributed by atoms with Gasteiger partial charge in [0.1, 0.15) is 17.8 Å². The third-order valence-corrected chi connectivity index (χ3v) is 4.97. The van der Waals surface area contributed by atoms with Gasteiger partial charge in [-0.05, 0) is 48.1 Å². The summed E-state index contributed by atoms with van der Waals surface area (Å²) in [5.74, 6) is 0.505. The number of pyridine rings is 1. The molecule has 0 radical (unpaired) electrons. The number of aromatic nitrogens is 3. The van der Waals surface area contributed by atoms with Crippen LogP contribution in [0.3, 0.4) is 0 Å². The topological polar surface area (TPSA) is 71.0 Å². The third kappa shape index (κ3) is 5.16. The van der Waals surface area contributed by atoms with Crippen LogP contribution in [0.2, 0.25) is 0 Å². The van der Waals surface area contributed by atoms with Crippen LogP contribution in [0.15, 0.2) is 55.1 Å². The van der Waals surface area contributed by atoms with Crippen LogP contribution in [-0.4, -0.2) is 39.4 Å². The highest BCUT2D eigenvalue weighted by atomic mass is 16.2. The highest BCUT2D eigenvalue weighted by Crippen LogP contribution is 2.25. The fourth-order valence-corrected chi connectivity index (χ4v) is 3.22. The van der Waals surface area contributed by atoms with Gasteiger partial charge < -0.3 is 10.2 Å². The lowest BCUT2D eigenvalue weighted by molar-refractivity contribution is 0.0790. The maximum atomic E-state index is 12.8. The maximum Gasteiger partial charge on any atom is 0.272 e. The van der Waals surface area contributed by atoms with Crippen LogP contribution >= 0.6 is 0 Å². The number of anilines is 2. The Kier molecular flexibility index (Phi) is 6.89. The van der Waals surface area contributed by atoms with Crippen LogP contribution < -0.4 is 5.32 Å². The lowest BCUT2D eigenvalue weighted by atomic mass is 10.0. The minimum absolute atomic E-state index is 0.121. The molecule has 3 aromatic rings. The zero-order chi connectivity index (χ0) is 20.6. The van der Waals surface area contributed by atoms with Gasteiger partial charge in [-0.3, -0.25) is 9.78 Å². The van der Waals surface area contributed by atoms with E-state index in [1.54, 1.807) is 30.4 Å². The van der Waals surface area contributed by atoms with Gasteiger partial charge in [-0.1, -0.05) is 32.0 Å². The minimum Gasteiger partial charge on any atom is -0.340 e. The monoisotopic (exact) mass is 389 g/mol. The molecule has 150 valence electrons. The van der Waals surface area contributed by atoms with E-state index < -0.39 is 0 Å². The Hall–Kier alpha value is -3.28. The molecule has 0 fully saturated rings. The normalized spacial score (nSPS) is 10.6. The predicted octanol–water partition coefficient (Wildman–Crippen LogP) is 4.05. The van der Waals surface area contributed by atoms with E-state index >= 15 is 0 Å². The number of amides is 1. The summed E-state index contributed by atoms with van der Waals surface area (Å²) < 4.78 is 0. The van der Waals surface area contributed by atoms with Crippen molar-refractivity contribution < 1.29 is 4.79 Å². The molecule has 29 heavy (non-hydrogen) atoms. The van der Waals surface area contributed by atoms with E-state index in [-0.39, 0.29) is 5.91 Å². The molecule has 1 amide bonds. The number of nitrogens with one attached hydrogen (secondary N) is 1. The van der Waals surface area contributed by atoms with Crippen molar-refractivity contribution in [2.45, 2.75) is 33.1 Å². The molecule has 1 N–H and O–H groups in total. The zero-order valence-corrected chi connectivity index (χ0v) is 17.2. The summed E-state index contributed by atoms with van der Waals surface area (Å²) in [5.41, 5.74) is 5.05. The lowest BCUT2D eigenvalue weighted by Gasteiger charge is -2.18. The van der Waals surface area contributed by atoms with E-state index in [2.05, 4.69) is 52.3 Å². The predicted molar refractivity (Wildman–Crippen MR) is 115 cm³/mol. The van der Waals surface area contributed by atoms with Crippen LogP contribution in [0.25, 0.3) is 0 Å². The molecular weight excluding hydrogens is 362 g/mol. The van der Waals surface area contributed by atoms with Crippen molar-refractivity contribution in [2.75, 3.05) is 18.9 Å². The van der Waals surface area contributed by atoms with Gasteiger partial charge in [0.15, 0.2) is 0 Å². The van der Waals surface area contributed by atoms with E-state index in [1.165, 1.54) is 17.5 Å². The Labute approximate surface area is 172 Å². The number of hydrogen-bond donors (Lipinski definition) is 1. The van der Waals surface area contributed by atoms with E-state index in [0.29, 0.717) is 18.1 Å². The molecule has 6 heteroatoms. The molecule has 0 atom stereocenters. The van der Waals surface area contributed by atoms with Crippen LogP contribution in [-0.2, 0) is 19.3 Å². The first kappa shape index (κ1) is 20.5. The van der Waals surface area contributed by atoms with Crippen LogP contribution in [0.4, 0.5) is 11.5 Å². The zero-order valence-electron chi connectivity index (χ0n) is 17.2. The molecule has 0 bridgehead atoms. The van der Waals surface area contributed by atoms with Gasteiger partial charge in [0.25, 0.3) is 5.91 Å². The Balaban J connectivity index is 1.73. The molecule has 3 rings (SSSR count). The summed E-state index contributed by atoms with van der Waals surface area (Å²) in [7, 11) is 1.79. The first-order valence-corrected chi connectivity index (χ1v) is 9.96. The maximum absolute atomic E-state index is 12.8. The van der Waals surface area contributed by atoms with Crippen LogP contribution in [0.1, 0.15) is 41.0 Å². The van der Waals surface area contributed by atoms with Crippen molar-refractivity contribution in [1.82, 2.24) is 19.9 Å². The molecule has 0 saturated carbocycles. The van der Waals surface area contributed by atoms with Crippen LogP contribution in [0.5, 0.6) is 0 Å². The van der Waals surface area contributed by atoms with Gasteiger partial charge in [0.2, 0.25) is 0 Å². The van der Waals surface area contributed by atoms with Crippen molar-refractivity contribution in [1.29, 1.82) is 0 Å². The highest BCUT2D eigenvalue weighted by Gasteiger charge is 2.15. The summed E-state index contributed by atoms with van der Waals surface area (Å²) in [6.45, 7) is 4.87. The fourth-order valence-electron chi connectivity index (χ4n) is 3.22. The highest BCUT2D eigenvalue weighted by molar-refractivity contribution is 5.92. The molecule has 2 aromatic heterocycles. The second-order valence-corrected chi connectivity index (χ2v) is 6.90. The fraction of sp³-hybridized carbons (Fsp3) is 0.304. The van der Waals surface area contributed by atoms with Gasteiger partial charge in [-0.15, -0.1) is 0 Å². The number of likely N-dealkylation sites (N-methyl/N-ethyl adjacent to an activating group) is 1. The second-order valence-electron chi connectivity index (χ2n) is 6.90. The summed E-state index contributed by atoms with van der Waals surface area (Å²) >= 11 is 0. The van der Waals surface area contributed by atoms with E-state index in [9.17, 15) is 4.79 Å². The number of nitrogens with zero attached hydrogens (tertiary/aromatic N) is 4. The minimum atomic E-state index is -0.121. The largest absolute Gasteiger partial charge is 0.340 e. The molecule has 0 saturated heterocycles. The summed E-state index contributed by atoms with van der Waals surface area (Å²) in [6, 6.07) is 11.9.